The Morgan fingerprint density at radius 2 is 1.85 bits per heavy atom. The van der Waals surface area contributed by atoms with Crippen molar-refractivity contribution in [2.24, 2.45) is 0 Å². The first-order valence-corrected chi connectivity index (χ1v) is 10.1. The van der Waals surface area contributed by atoms with E-state index in [1.807, 2.05) is 0 Å². The summed E-state index contributed by atoms with van der Waals surface area (Å²) in [4.78, 5) is 21.5. The number of anilines is 1. The molecule has 5 rings (SSSR count). The zero-order valence-electron chi connectivity index (χ0n) is 17.1. The number of carbonyl (C=O) groups is 1. The first-order chi connectivity index (χ1) is 15.9. The summed E-state index contributed by atoms with van der Waals surface area (Å²) in [7, 11) is 0. The van der Waals surface area contributed by atoms with Crippen molar-refractivity contribution < 1.29 is 22.7 Å². The van der Waals surface area contributed by atoms with Gasteiger partial charge in [-0.2, -0.15) is 4.52 Å². The Morgan fingerprint density at radius 1 is 1.06 bits per heavy atom. The topological polar surface area (TPSA) is 105 Å². The zero-order chi connectivity index (χ0) is 23.0. The van der Waals surface area contributed by atoms with Crippen LogP contribution in [0.5, 0.6) is 5.75 Å². The average Bonchev–Trinajstić information content (AvgIpc) is 3.13. The highest BCUT2D eigenvalue weighted by molar-refractivity contribution is 5.93. The number of halogens is 3. The fraction of sp³-hybridized carbons (Fsp3) is 0.238. The lowest BCUT2D eigenvalue weighted by atomic mass is 10.2. The second-order valence-electron chi connectivity index (χ2n) is 7.36. The molecule has 0 radical (unpaired) electrons. The maximum absolute atomic E-state index is 12.9. The molecule has 1 atom stereocenters. The van der Waals surface area contributed by atoms with Crippen LogP contribution in [0.25, 0.3) is 27.9 Å². The molecular formula is C21H18F3N7O2. The smallest absolute Gasteiger partial charge is 0.405 e. The van der Waals surface area contributed by atoms with E-state index in [2.05, 4.69) is 35.8 Å². The van der Waals surface area contributed by atoms with E-state index in [0.717, 1.165) is 0 Å². The average molecular weight is 457 g/mol. The van der Waals surface area contributed by atoms with Crippen molar-refractivity contribution in [3.8, 4) is 17.1 Å². The van der Waals surface area contributed by atoms with Gasteiger partial charge < -0.3 is 20.7 Å². The predicted molar refractivity (Wildman–Crippen MR) is 114 cm³/mol. The van der Waals surface area contributed by atoms with Crippen LogP contribution in [0.15, 0.2) is 48.5 Å². The number of nitrogens with one attached hydrogen (secondary N) is 3. The molecule has 0 unspecified atom stereocenters. The third-order valence-corrected chi connectivity index (χ3v) is 5.10. The molecule has 0 spiro atoms. The first-order valence-electron chi connectivity index (χ1n) is 10.1. The molecule has 1 aliphatic heterocycles. The number of ether oxygens (including phenoxy) is 1. The third-order valence-electron chi connectivity index (χ3n) is 5.10. The number of alkyl halides is 3. The van der Waals surface area contributed by atoms with Crippen molar-refractivity contribution in [1.82, 2.24) is 30.2 Å². The molecule has 0 bridgehead atoms. The van der Waals surface area contributed by atoms with Crippen molar-refractivity contribution in [1.29, 1.82) is 0 Å². The number of hydrogen-bond acceptors (Lipinski definition) is 7. The molecule has 9 nitrogen and oxygen atoms in total. The third kappa shape index (κ3) is 4.24. The van der Waals surface area contributed by atoms with Gasteiger partial charge in [-0.15, -0.1) is 18.3 Å². The number of carbonyl (C=O) groups excluding carboxylic acids is 1. The van der Waals surface area contributed by atoms with E-state index < -0.39 is 18.2 Å². The van der Waals surface area contributed by atoms with E-state index in [4.69, 9.17) is 0 Å². The number of amides is 1. The van der Waals surface area contributed by atoms with Gasteiger partial charge in [-0.3, -0.25) is 4.79 Å². The highest BCUT2D eigenvalue weighted by Gasteiger charge is 2.33. The summed E-state index contributed by atoms with van der Waals surface area (Å²) in [6.07, 6.45) is -4.86. The molecule has 2 aromatic heterocycles. The van der Waals surface area contributed by atoms with Gasteiger partial charge in [-0.1, -0.05) is 24.3 Å². The van der Waals surface area contributed by atoms with Gasteiger partial charge in [0.25, 0.3) is 0 Å². The maximum Gasteiger partial charge on any atom is 0.573 e. The molecule has 1 saturated heterocycles. The van der Waals surface area contributed by atoms with Crippen LogP contribution in [0.2, 0.25) is 0 Å². The van der Waals surface area contributed by atoms with Crippen LogP contribution in [-0.4, -0.2) is 57.5 Å². The van der Waals surface area contributed by atoms with Gasteiger partial charge in [0.05, 0.1) is 11.1 Å². The Morgan fingerprint density at radius 3 is 2.70 bits per heavy atom. The van der Waals surface area contributed by atoms with Crippen LogP contribution in [0.4, 0.5) is 19.1 Å². The number of aromatic nitrogens is 4. The van der Waals surface area contributed by atoms with Gasteiger partial charge >= 0.3 is 6.36 Å². The number of para-hydroxylation sites is 2. The summed E-state index contributed by atoms with van der Waals surface area (Å²) in [5.41, 5.74) is 1.04. The zero-order valence-corrected chi connectivity index (χ0v) is 17.1. The van der Waals surface area contributed by atoms with Gasteiger partial charge in [0, 0.05) is 25.0 Å². The predicted octanol–water partition coefficient (Wildman–Crippen LogP) is 2.34. The highest BCUT2D eigenvalue weighted by atomic mass is 19.4. The quantitative estimate of drug-likeness (QED) is 0.432. The standard InChI is InChI=1S/C21H18F3N7O2/c22-21(23,24)33-16-8-4-2-6-13(16)17-29-18-12-5-1-3-7-14(12)27-20(31(18)30-17)28-15-11-25-9-10-26-19(15)32/h1-8,15,25H,9-11H2,(H,26,32)(H,27,28)/t15-/m1/s1. The van der Waals surface area contributed by atoms with Crippen LogP contribution < -0.4 is 20.7 Å². The lowest BCUT2D eigenvalue weighted by Gasteiger charge is -2.16. The second kappa shape index (κ2) is 8.20. The monoisotopic (exact) mass is 457 g/mol. The molecule has 1 amide bonds. The fourth-order valence-electron chi connectivity index (χ4n) is 3.64. The summed E-state index contributed by atoms with van der Waals surface area (Å²) in [6.45, 7) is 1.50. The number of fused-ring (bicyclic) bond motifs is 3. The van der Waals surface area contributed by atoms with Gasteiger partial charge in [-0.25, -0.2) is 9.97 Å². The lowest BCUT2D eigenvalue weighted by molar-refractivity contribution is -0.274. The van der Waals surface area contributed by atoms with Crippen molar-refractivity contribution in [3.63, 3.8) is 0 Å². The number of hydrogen-bond donors (Lipinski definition) is 3. The molecule has 170 valence electrons. The molecular weight excluding hydrogens is 439 g/mol. The molecule has 0 saturated carbocycles. The van der Waals surface area contributed by atoms with E-state index in [1.54, 1.807) is 30.3 Å². The first kappa shape index (κ1) is 20.9. The summed E-state index contributed by atoms with van der Waals surface area (Å²) < 4.78 is 44.3. The van der Waals surface area contributed by atoms with Crippen molar-refractivity contribution in [2.45, 2.75) is 12.4 Å². The van der Waals surface area contributed by atoms with Crippen LogP contribution in [0.1, 0.15) is 0 Å². The van der Waals surface area contributed by atoms with Gasteiger partial charge in [-0.05, 0) is 24.3 Å². The fourth-order valence-corrected chi connectivity index (χ4v) is 3.64. The summed E-state index contributed by atoms with van der Waals surface area (Å²) in [6, 6.07) is 12.2. The van der Waals surface area contributed by atoms with Crippen LogP contribution in [-0.2, 0) is 4.79 Å². The Balaban J connectivity index is 1.65. The van der Waals surface area contributed by atoms with Gasteiger partial charge in [0.2, 0.25) is 11.9 Å². The van der Waals surface area contributed by atoms with Crippen molar-refractivity contribution in [3.05, 3.63) is 48.5 Å². The van der Waals surface area contributed by atoms with Crippen LogP contribution in [0, 0.1) is 0 Å². The molecule has 1 fully saturated rings. The van der Waals surface area contributed by atoms with E-state index in [0.29, 0.717) is 36.2 Å². The number of benzene rings is 2. The minimum atomic E-state index is -4.86. The van der Waals surface area contributed by atoms with Crippen molar-refractivity contribution >= 4 is 28.4 Å². The Labute approximate surface area is 185 Å². The molecule has 1 aliphatic rings. The molecule has 2 aromatic carbocycles. The van der Waals surface area contributed by atoms with E-state index in [1.165, 1.54) is 22.7 Å². The van der Waals surface area contributed by atoms with E-state index >= 15 is 0 Å². The summed E-state index contributed by atoms with van der Waals surface area (Å²) in [5.74, 6) is -0.354. The van der Waals surface area contributed by atoms with E-state index in [9.17, 15) is 18.0 Å². The SMILES string of the molecule is O=C1NCCNC[C@H]1Nc1nc2ccccc2c2nc(-c3ccccc3OC(F)(F)F)nn12. The molecule has 33 heavy (non-hydrogen) atoms. The summed E-state index contributed by atoms with van der Waals surface area (Å²) >= 11 is 0. The molecule has 12 heteroatoms. The van der Waals surface area contributed by atoms with Crippen molar-refractivity contribution in [2.75, 3.05) is 25.0 Å². The highest BCUT2D eigenvalue weighted by Crippen LogP contribution is 2.33. The summed E-state index contributed by atoms with van der Waals surface area (Å²) in [5, 5.41) is 14.1. The second-order valence-corrected chi connectivity index (χ2v) is 7.36. The van der Waals surface area contributed by atoms with Crippen LogP contribution >= 0.6 is 0 Å². The normalized spacial score (nSPS) is 17.1. The Hall–Kier alpha value is -3.93. The van der Waals surface area contributed by atoms with Gasteiger partial charge in [0.15, 0.2) is 11.5 Å². The Kier molecular flexibility index (Phi) is 5.21. The molecule has 3 heterocycles. The minimum Gasteiger partial charge on any atom is -0.405 e. The van der Waals surface area contributed by atoms with Gasteiger partial charge in [0.1, 0.15) is 11.8 Å². The Bertz CT molecular complexity index is 1340. The molecule has 4 aromatic rings. The lowest BCUT2D eigenvalue weighted by Crippen LogP contribution is -2.42. The minimum absolute atomic E-state index is 0.0273. The maximum atomic E-state index is 12.9. The van der Waals surface area contributed by atoms with Crippen LogP contribution in [0.3, 0.4) is 0 Å². The largest absolute Gasteiger partial charge is 0.573 e. The number of rotatable bonds is 4. The number of nitrogens with zero attached hydrogens (tertiary/aromatic N) is 4. The molecule has 0 aliphatic carbocycles. The molecule has 3 N–H and O–H groups in total. The van der Waals surface area contributed by atoms with E-state index in [-0.39, 0.29) is 23.2 Å².